The largest absolute Gasteiger partial charge is 0.493 e. The van der Waals surface area contributed by atoms with Gasteiger partial charge < -0.3 is 10.1 Å². The average Bonchev–Trinajstić information content (AvgIpc) is 2.94. The minimum atomic E-state index is 0.383. The number of nitrogens with one attached hydrogen (secondary N) is 1. The molecule has 0 spiro atoms. The maximum atomic E-state index is 6.14. The summed E-state index contributed by atoms with van der Waals surface area (Å²) >= 11 is 0. The second-order valence-electron chi connectivity index (χ2n) is 6.41. The van der Waals surface area contributed by atoms with E-state index >= 15 is 0 Å². The van der Waals surface area contributed by atoms with Crippen LogP contribution in [-0.4, -0.2) is 13.2 Å². The van der Waals surface area contributed by atoms with Gasteiger partial charge in [-0.15, -0.1) is 0 Å². The van der Waals surface area contributed by atoms with Gasteiger partial charge in [0.25, 0.3) is 0 Å². The van der Waals surface area contributed by atoms with Crippen LogP contribution < -0.4 is 10.1 Å². The van der Waals surface area contributed by atoms with Crippen LogP contribution in [0.15, 0.2) is 18.2 Å². The van der Waals surface area contributed by atoms with E-state index in [4.69, 9.17) is 4.74 Å². The molecule has 1 N–H and O–H groups in total. The predicted molar refractivity (Wildman–Crippen MR) is 75.3 cm³/mol. The molecule has 0 aromatic heterocycles. The fourth-order valence-electron chi connectivity index (χ4n) is 3.47. The molecule has 1 aliphatic heterocycles. The number of fused-ring (bicyclic) bond motifs is 1. The van der Waals surface area contributed by atoms with Crippen molar-refractivity contribution in [2.24, 2.45) is 11.3 Å². The van der Waals surface area contributed by atoms with E-state index in [1.54, 1.807) is 0 Å². The molecule has 1 heterocycles. The zero-order chi connectivity index (χ0) is 12.6. The Balaban J connectivity index is 1.69. The van der Waals surface area contributed by atoms with Crippen molar-refractivity contribution in [3.8, 4) is 5.75 Å². The van der Waals surface area contributed by atoms with Gasteiger partial charge in [-0.2, -0.15) is 0 Å². The van der Waals surface area contributed by atoms with Crippen molar-refractivity contribution in [1.82, 2.24) is 0 Å². The maximum Gasteiger partial charge on any atom is 0.124 e. The smallest absolute Gasteiger partial charge is 0.124 e. The van der Waals surface area contributed by atoms with Crippen molar-refractivity contribution >= 4 is 5.69 Å². The van der Waals surface area contributed by atoms with E-state index in [-0.39, 0.29) is 0 Å². The summed E-state index contributed by atoms with van der Waals surface area (Å²) < 4.78 is 6.14. The Morgan fingerprint density at radius 1 is 1.44 bits per heavy atom. The summed E-state index contributed by atoms with van der Waals surface area (Å²) in [6.45, 7) is 6.64. The van der Waals surface area contributed by atoms with E-state index in [1.807, 2.05) is 0 Å². The number of ether oxygens (including phenoxy) is 1. The normalized spacial score (nSPS) is 30.0. The first-order valence-corrected chi connectivity index (χ1v) is 7.15. The number of anilines is 1. The Labute approximate surface area is 110 Å². The molecule has 1 aromatic rings. The molecular weight excluding hydrogens is 222 g/mol. The molecule has 0 saturated heterocycles. The quantitative estimate of drug-likeness (QED) is 0.873. The highest BCUT2D eigenvalue weighted by Crippen LogP contribution is 2.42. The molecule has 0 radical (unpaired) electrons. The van der Waals surface area contributed by atoms with Crippen LogP contribution in [0.4, 0.5) is 5.69 Å². The van der Waals surface area contributed by atoms with Gasteiger partial charge in [0.05, 0.1) is 6.61 Å². The molecular formula is C16H23NO. The number of hydrogen-bond acceptors (Lipinski definition) is 2. The summed E-state index contributed by atoms with van der Waals surface area (Å²) in [6, 6.07) is 6.36. The highest BCUT2D eigenvalue weighted by atomic mass is 16.5. The van der Waals surface area contributed by atoms with Gasteiger partial charge >= 0.3 is 0 Å². The third-order valence-electron chi connectivity index (χ3n) is 4.48. The second kappa shape index (κ2) is 4.49. The summed E-state index contributed by atoms with van der Waals surface area (Å²) in [6.07, 6.45) is 5.06. The van der Waals surface area contributed by atoms with Gasteiger partial charge in [0.15, 0.2) is 0 Å². The average molecular weight is 245 g/mol. The molecule has 2 nitrogen and oxygen atoms in total. The van der Waals surface area contributed by atoms with Gasteiger partial charge in [-0.25, -0.2) is 0 Å². The molecule has 0 bridgehead atoms. The third kappa shape index (κ3) is 2.21. The summed E-state index contributed by atoms with van der Waals surface area (Å²) in [5.74, 6) is 1.96. The fraction of sp³-hybridized carbons (Fsp3) is 0.625. The first-order chi connectivity index (χ1) is 8.66. The van der Waals surface area contributed by atoms with Gasteiger partial charge in [0.1, 0.15) is 5.75 Å². The van der Waals surface area contributed by atoms with Crippen LogP contribution in [-0.2, 0) is 6.42 Å². The van der Waals surface area contributed by atoms with Crippen LogP contribution in [0, 0.1) is 11.3 Å². The lowest BCUT2D eigenvalue weighted by atomic mass is 9.89. The summed E-state index contributed by atoms with van der Waals surface area (Å²) in [7, 11) is 0. The van der Waals surface area contributed by atoms with E-state index in [9.17, 15) is 0 Å². The molecule has 3 rings (SSSR count). The molecule has 1 saturated carbocycles. The highest BCUT2D eigenvalue weighted by Gasteiger charge is 2.34. The van der Waals surface area contributed by atoms with E-state index in [1.165, 1.54) is 30.5 Å². The molecule has 18 heavy (non-hydrogen) atoms. The maximum absolute atomic E-state index is 6.14. The number of benzene rings is 1. The Morgan fingerprint density at radius 3 is 3.11 bits per heavy atom. The van der Waals surface area contributed by atoms with Crippen molar-refractivity contribution in [3.63, 3.8) is 0 Å². The van der Waals surface area contributed by atoms with Crippen molar-refractivity contribution < 1.29 is 4.74 Å². The Kier molecular flexibility index (Phi) is 2.96. The van der Waals surface area contributed by atoms with Gasteiger partial charge in [-0.3, -0.25) is 0 Å². The molecule has 1 aliphatic carbocycles. The monoisotopic (exact) mass is 245 g/mol. The Morgan fingerprint density at radius 2 is 2.33 bits per heavy atom. The van der Waals surface area contributed by atoms with Crippen LogP contribution in [0.3, 0.4) is 0 Å². The lowest BCUT2D eigenvalue weighted by Gasteiger charge is -2.24. The van der Waals surface area contributed by atoms with Crippen molar-refractivity contribution in [3.05, 3.63) is 23.8 Å². The summed E-state index contributed by atoms with van der Waals surface area (Å²) in [5.41, 5.74) is 3.01. The van der Waals surface area contributed by atoms with Crippen molar-refractivity contribution in [1.29, 1.82) is 0 Å². The number of rotatable bonds is 3. The molecule has 2 aliphatic rings. The minimum absolute atomic E-state index is 0.383. The second-order valence-corrected chi connectivity index (χ2v) is 6.41. The molecule has 1 aromatic carbocycles. The predicted octanol–water partition coefficient (Wildman–Crippen LogP) is 3.86. The van der Waals surface area contributed by atoms with Crippen LogP contribution in [0.1, 0.15) is 38.7 Å². The SMILES string of the molecule is CC1CCC(C)(COc2cccc3c2CCN3)C1. The van der Waals surface area contributed by atoms with E-state index in [0.717, 1.165) is 31.2 Å². The zero-order valence-corrected chi connectivity index (χ0v) is 11.5. The summed E-state index contributed by atoms with van der Waals surface area (Å²) in [5, 5.41) is 3.41. The topological polar surface area (TPSA) is 21.3 Å². The van der Waals surface area contributed by atoms with Gasteiger partial charge in [-0.05, 0) is 37.3 Å². The molecule has 2 heteroatoms. The lowest BCUT2D eigenvalue weighted by molar-refractivity contribution is 0.163. The van der Waals surface area contributed by atoms with Gasteiger partial charge in [0.2, 0.25) is 0 Å². The molecule has 1 fully saturated rings. The van der Waals surface area contributed by atoms with Gasteiger partial charge in [0, 0.05) is 23.2 Å². The van der Waals surface area contributed by atoms with E-state index < -0.39 is 0 Å². The molecule has 98 valence electrons. The molecule has 2 atom stereocenters. The van der Waals surface area contributed by atoms with E-state index in [2.05, 4.69) is 37.4 Å². The van der Waals surface area contributed by atoms with E-state index in [0.29, 0.717) is 5.41 Å². The third-order valence-corrected chi connectivity index (χ3v) is 4.48. The zero-order valence-electron chi connectivity index (χ0n) is 11.5. The lowest BCUT2D eigenvalue weighted by Crippen LogP contribution is -2.22. The van der Waals surface area contributed by atoms with Crippen molar-refractivity contribution in [2.75, 3.05) is 18.5 Å². The number of hydrogen-bond donors (Lipinski definition) is 1. The Bertz CT molecular complexity index is 443. The summed E-state index contributed by atoms with van der Waals surface area (Å²) in [4.78, 5) is 0. The molecule has 2 unspecified atom stereocenters. The first-order valence-electron chi connectivity index (χ1n) is 7.15. The van der Waals surface area contributed by atoms with Crippen LogP contribution in [0.5, 0.6) is 5.75 Å². The fourth-order valence-corrected chi connectivity index (χ4v) is 3.47. The highest BCUT2D eigenvalue weighted by molar-refractivity contribution is 5.61. The van der Waals surface area contributed by atoms with Crippen LogP contribution in [0.2, 0.25) is 0 Å². The Hall–Kier alpha value is -1.18. The molecule has 0 amide bonds. The van der Waals surface area contributed by atoms with Crippen LogP contribution >= 0.6 is 0 Å². The first kappa shape index (κ1) is 11.9. The minimum Gasteiger partial charge on any atom is -0.493 e. The standard InChI is InChI=1S/C16H23NO/c1-12-6-8-16(2,10-12)11-18-15-5-3-4-14-13(15)7-9-17-14/h3-5,12,17H,6-11H2,1-2H3. The van der Waals surface area contributed by atoms with Gasteiger partial charge in [-0.1, -0.05) is 26.3 Å². The van der Waals surface area contributed by atoms with Crippen molar-refractivity contribution in [2.45, 2.75) is 39.5 Å². The van der Waals surface area contributed by atoms with Crippen LogP contribution in [0.25, 0.3) is 0 Å².